The normalized spacial score (nSPS) is 17.5. The lowest BCUT2D eigenvalue weighted by Crippen LogP contribution is -2.38. The number of nitrogens with zero attached hydrogens (tertiary/aromatic N) is 4. The van der Waals surface area contributed by atoms with Crippen LogP contribution in [0.2, 0.25) is 0 Å². The molecule has 1 atom stereocenters. The zero-order valence-electron chi connectivity index (χ0n) is 12.5. The van der Waals surface area contributed by atoms with Crippen molar-refractivity contribution in [3.63, 3.8) is 0 Å². The lowest BCUT2D eigenvalue weighted by Gasteiger charge is -2.11. The predicted octanol–water partition coefficient (Wildman–Crippen LogP) is -0.738. The Kier molecular flexibility index (Phi) is 3.92. The maximum Gasteiger partial charge on any atom is 0.313 e. The van der Waals surface area contributed by atoms with Crippen LogP contribution < -0.4 is 10.6 Å². The fourth-order valence-electron chi connectivity index (χ4n) is 2.50. The zero-order valence-corrected chi connectivity index (χ0v) is 12.5. The molecule has 1 fully saturated rings. The van der Waals surface area contributed by atoms with E-state index in [0.29, 0.717) is 24.3 Å². The second kappa shape index (κ2) is 6.03. The summed E-state index contributed by atoms with van der Waals surface area (Å²) < 4.78 is 1.49. The smallest absolute Gasteiger partial charge is 0.313 e. The number of carbonyl (C=O) groups is 3. The van der Waals surface area contributed by atoms with Crippen molar-refractivity contribution < 1.29 is 14.4 Å². The van der Waals surface area contributed by atoms with E-state index in [2.05, 4.69) is 20.7 Å². The molecular formula is C14H16N6O3. The van der Waals surface area contributed by atoms with E-state index in [4.69, 9.17) is 0 Å². The van der Waals surface area contributed by atoms with Crippen LogP contribution in [-0.2, 0) is 14.4 Å². The number of hydrogen-bond acceptors (Lipinski definition) is 5. The zero-order chi connectivity index (χ0) is 16.4. The van der Waals surface area contributed by atoms with Crippen molar-refractivity contribution in [3.8, 4) is 0 Å². The Labute approximate surface area is 131 Å². The summed E-state index contributed by atoms with van der Waals surface area (Å²) in [5.41, 5.74) is 0.818. The predicted molar refractivity (Wildman–Crippen MR) is 80.4 cm³/mol. The third kappa shape index (κ3) is 3.12. The number of hydrogen-bond donors (Lipinski definition) is 2. The summed E-state index contributed by atoms with van der Waals surface area (Å²) in [5.74, 6) is -1.46. The average molecular weight is 316 g/mol. The maximum atomic E-state index is 11.9. The van der Waals surface area contributed by atoms with E-state index in [0.717, 1.165) is 0 Å². The van der Waals surface area contributed by atoms with E-state index < -0.39 is 11.8 Å². The molecule has 1 saturated heterocycles. The van der Waals surface area contributed by atoms with E-state index in [1.54, 1.807) is 30.4 Å². The van der Waals surface area contributed by atoms with Crippen LogP contribution >= 0.6 is 0 Å². The van der Waals surface area contributed by atoms with Crippen molar-refractivity contribution in [3.05, 3.63) is 24.7 Å². The van der Waals surface area contributed by atoms with Crippen molar-refractivity contribution in [2.75, 3.05) is 25.5 Å². The van der Waals surface area contributed by atoms with Crippen molar-refractivity contribution in [1.29, 1.82) is 0 Å². The van der Waals surface area contributed by atoms with E-state index in [1.807, 2.05) is 0 Å². The molecule has 0 saturated carbocycles. The van der Waals surface area contributed by atoms with Crippen LogP contribution in [0.5, 0.6) is 0 Å². The van der Waals surface area contributed by atoms with Crippen LogP contribution in [0, 0.1) is 5.92 Å². The van der Waals surface area contributed by atoms with Gasteiger partial charge in [-0.15, -0.1) is 0 Å². The minimum Gasteiger partial charge on any atom is -0.347 e. The molecule has 0 aromatic carbocycles. The van der Waals surface area contributed by atoms with Gasteiger partial charge >= 0.3 is 11.8 Å². The highest BCUT2D eigenvalue weighted by atomic mass is 16.2. The first-order chi connectivity index (χ1) is 11.0. The van der Waals surface area contributed by atoms with Crippen LogP contribution in [0.25, 0.3) is 5.65 Å². The number of aromatic nitrogens is 3. The fourth-order valence-corrected chi connectivity index (χ4v) is 2.50. The fraction of sp³-hybridized carbons (Fsp3) is 0.357. The third-order valence-corrected chi connectivity index (χ3v) is 3.71. The molecule has 0 radical (unpaired) electrons. The molecule has 2 aromatic rings. The first-order valence-electron chi connectivity index (χ1n) is 7.16. The Hall–Kier alpha value is -2.97. The van der Waals surface area contributed by atoms with Crippen LogP contribution in [-0.4, -0.2) is 57.4 Å². The number of likely N-dealkylation sites (tertiary alicyclic amines) is 1. The quantitative estimate of drug-likeness (QED) is 0.725. The molecule has 120 valence electrons. The molecule has 1 unspecified atom stereocenters. The minimum absolute atomic E-state index is 0.0305. The molecule has 23 heavy (non-hydrogen) atoms. The Bertz CT molecular complexity index is 771. The van der Waals surface area contributed by atoms with E-state index in [9.17, 15) is 14.4 Å². The van der Waals surface area contributed by atoms with E-state index in [1.165, 1.54) is 10.7 Å². The van der Waals surface area contributed by atoms with Crippen molar-refractivity contribution in [2.24, 2.45) is 5.92 Å². The third-order valence-electron chi connectivity index (χ3n) is 3.71. The van der Waals surface area contributed by atoms with Crippen LogP contribution in [0.4, 0.5) is 5.69 Å². The monoisotopic (exact) mass is 316 g/mol. The van der Waals surface area contributed by atoms with Gasteiger partial charge in [-0.2, -0.15) is 5.10 Å². The highest BCUT2D eigenvalue weighted by Gasteiger charge is 2.27. The van der Waals surface area contributed by atoms with Gasteiger partial charge < -0.3 is 15.5 Å². The van der Waals surface area contributed by atoms with Gasteiger partial charge in [0.15, 0.2) is 5.65 Å². The van der Waals surface area contributed by atoms with Crippen molar-refractivity contribution in [1.82, 2.24) is 24.8 Å². The lowest BCUT2D eigenvalue weighted by atomic mass is 10.1. The van der Waals surface area contributed by atoms with Crippen molar-refractivity contribution >= 4 is 29.1 Å². The van der Waals surface area contributed by atoms with Gasteiger partial charge in [0, 0.05) is 44.9 Å². The lowest BCUT2D eigenvalue weighted by molar-refractivity contribution is -0.136. The molecule has 2 N–H and O–H groups in total. The van der Waals surface area contributed by atoms with Gasteiger partial charge in [0.25, 0.3) is 0 Å². The number of rotatable bonds is 3. The van der Waals surface area contributed by atoms with E-state index in [-0.39, 0.29) is 18.4 Å². The number of nitrogens with one attached hydrogen (secondary N) is 2. The number of fused-ring (bicyclic) bond motifs is 1. The Balaban J connectivity index is 1.56. The number of amides is 3. The molecular weight excluding hydrogens is 300 g/mol. The Morgan fingerprint density at radius 3 is 2.96 bits per heavy atom. The summed E-state index contributed by atoms with van der Waals surface area (Å²) in [6.07, 6.45) is 5.07. The molecule has 1 aliphatic heterocycles. The van der Waals surface area contributed by atoms with Gasteiger partial charge in [-0.25, -0.2) is 9.50 Å². The van der Waals surface area contributed by atoms with Crippen molar-refractivity contribution in [2.45, 2.75) is 6.42 Å². The second-order valence-electron chi connectivity index (χ2n) is 5.45. The minimum atomic E-state index is -0.789. The van der Waals surface area contributed by atoms with Gasteiger partial charge in [0.1, 0.15) is 5.69 Å². The number of carbonyl (C=O) groups excluding carboxylic acids is 3. The summed E-state index contributed by atoms with van der Waals surface area (Å²) in [5, 5.41) is 9.05. The number of anilines is 1. The summed E-state index contributed by atoms with van der Waals surface area (Å²) in [6, 6.07) is 1.71. The standard InChI is InChI=1S/C14H16N6O3/c1-19-8-9(5-11(19)21)6-16-13(22)14(23)18-10-7-17-20-4-2-3-15-12(10)20/h2-4,7,9H,5-6,8H2,1H3,(H,16,22)(H,18,23). The molecule has 2 aromatic heterocycles. The van der Waals surface area contributed by atoms with Gasteiger partial charge in [-0.3, -0.25) is 14.4 Å². The highest BCUT2D eigenvalue weighted by molar-refractivity contribution is 6.40. The maximum absolute atomic E-state index is 11.9. The molecule has 3 heterocycles. The van der Waals surface area contributed by atoms with Gasteiger partial charge in [-0.1, -0.05) is 0 Å². The van der Waals surface area contributed by atoms with E-state index >= 15 is 0 Å². The van der Waals surface area contributed by atoms with Crippen LogP contribution in [0.15, 0.2) is 24.7 Å². The summed E-state index contributed by atoms with van der Waals surface area (Å²) in [4.78, 5) is 40.9. The molecule has 0 bridgehead atoms. The highest BCUT2D eigenvalue weighted by Crippen LogP contribution is 2.15. The van der Waals surface area contributed by atoms with Gasteiger partial charge in [0.2, 0.25) is 5.91 Å². The average Bonchev–Trinajstić information content (AvgIpc) is 3.09. The molecule has 9 nitrogen and oxygen atoms in total. The molecule has 3 rings (SSSR count). The van der Waals surface area contributed by atoms with Gasteiger partial charge in [-0.05, 0) is 6.07 Å². The SMILES string of the molecule is CN1CC(CNC(=O)C(=O)Nc2cnn3cccnc23)CC1=O. The molecule has 0 spiro atoms. The second-order valence-corrected chi connectivity index (χ2v) is 5.45. The first kappa shape index (κ1) is 14.9. The topological polar surface area (TPSA) is 109 Å². The molecule has 9 heteroatoms. The van der Waals surface area contributed by atoms with Gasteiger partial charge in [0.05, 0.1) is 6.20 Å². The Morgan fingerprint density at radius 2 is 2.22 bits per heavy atom. The summed E-state index contributed by atoms with van der Waals surface area (Å²) in [6.45, 7) is 0.869. The summed E-state index contributed by atoms with van der Waals surface area (Å²) >= 11 is 0. The molecule has 0 aliphatic carbocycles. The van der Waals surface area contributed by atoms with Crippen LogP contribution in [0.1, 0.15) is 6.42 Å². The first-order valence-corrected chi connectivity index (χ1v) is 7.16. The largest absolute Gasteiger partial charge is 0.347 e. The molecule has 3 amide bonds. The van der Waals surface area contributed by atoms with Crippen LogP contribution in [0.3, 0.4) is 0 Å². The molecule has 1 aliphatic rings. The Morgan fingerprint density at radius 1 is 1.39 bits per heavy atom. The summed E-state index contributed by atoms with van der Waals surface area (Å²) in [7, 11) is 1.72.